The van der Waals surface area contributed by atoms with E-state index in [1.165, 1.54) is 45.2 Å². The molecule has 0 aliphatic carbocycles. The van der Waals surface area contributed by atoms with E-state index in [9.17, 15) is 0 Å². The van der Waals surface area contributed by atoms with Crippen molar-refractivity contribution in [1.29, 1.82) is 0 Å². The smallest absolute Gasteiger partial charge is 0.00760 e. The molecule has 0 saturated heterocycles. The Morgan fingerprint density at radius 1 is 0.938 bits per heavy atom. The van der Waals surface area contributed by atoms with Gasteiger partial charge in [0.1, 0.15) is 0 Å². The minimum atomic E-state index is 0.692. The second-order valence-corrected chi connectivity index (χ2v) is 5.12. The van der Waals surface area contributed by atoms with E-state index in [0.717, 1.165) is 6.54 Å². The van der Waals surface area contributed by atoms with Crippen LogP contribution in [0.15, 0.2) is 0 Å². The highest BCUT2D eigenvalue weighted by Crippen LogP contribution is 2.05. The molecular weight excluding hydrogens is 198 g/mol. The molecular formula is C13H31N3. The SMILES string of the molecule is CC(CCN(C)C)N(C)CCCCCCN. The largest absolute Gasteiger partial charge is 0.330 e. The maximum absolute atomic E-state index is 5.47. The topological polar surface area (TPSA) is 32.5 Å². The number of rotatable bonds is 10. The van der Waals surface area contributed by atoms with Gasteiger partial charge in [0.2, 0.25) is 0 Å². The molecule has 3 nitrogen and oxygen atoms in total. The number of hydrogen-bond donors (Lipinski definition) is 1. The van der Waals surface area contributed by atoms with E-state index in [1.807, 2.05) is 0 Å². The number of unbranched alkanes of at least 4 members (excludes halogenated alkanes) is 3. The van der Waals surface area contributed by atoms with Gasteiger partial charge in [-0.15, -0.1) is 0 Å². The van der Waals surface area contributed by atoms with Crippen molar-refractivity contribution in [3.05, 3.63) is 0 Å². The molecule has 0 aliphatic rings. The van der Waals surface area contributed by atoms with Crippen LogP contribution in [0.4, 0.5) is 0 Å². The molecule has 0 aromatic carbocycles. The lowest BCUT2D eigenvalue weighted by molar-refractivity contribution is 0.223. The van der Waals surface area contributed by atoms with Crippen molar-refractivity contribution in [3.63, 3.8) is 0 Å². The third-order valence-electron chi connectivity index (χ3n) is 3.21. The minimum absolute atomic E-state index is 0.692. The van der Waals surface area contributed by atoms with Crippen LogP contribution in [-0.2, 0) is 0 Å². The Morgan fingerprint density at radius 3 is 2.12 bits per heavy atom. The summed E-state index contributed by atoms with van der Waals surface area (Å²) in [4.78, 5) is 4.73. The summed E-state index contributed by atoms with van der Waals surface area (Å²) in [5.74, 6) is 0. The van der Waals surface area contributed by atoms with Crippen molar-refractivity contribution >= 4 is 0 Å². The third-order valence-corrected chi connectivity index (χ3v) is 3.21. The lowest BCUT2D eigenvalue weighted by Gasteiger charge is -2.25. The molecule has 98 valence electrons. The highest BCUT2D eigenvalue weighted by atomic mass is 15.1. The van der Waals surface area contributed by atoms with Crippen molar-refractivity contribution in [2.75, 3.05) is 40.8 Å². The second-order valence-electron chi connectivity index (χ2n) is 5.12. The van der Waals surface area contributed by atoms with E-state index < -0.39 is 0 Å². The average Bonchev–Trinajstić information content (AvgIpc) is 2.25. The summed E-state index contributed by atoms with van der Waals surface area (Å²) in [7, 11) is 6.52. The van der Waals surface area contributed by atoms with E-state index in [4.69, 9.17) is 5.73 Å². The number of hydrogen-bond acceptors (Lipinski definition) is 3. The predicted molar refractivity (Wildman–Crippen MR) is 72.8 cm³/mol. The zero-order chi connectivity index (χ0) is 12.4. The van der Waals surface area contributed by atoms with Crippen LogP contribution >= 0.6 is 0 Å². The van der Waals surface area contributed by atoms with Crippen molar-refractivity contribution in [2.45, 2.75) is 45.1 Å². The zero-order valence-electron chi connectivity index (χ0n) is 11.7. The van der Waals surface area contributed by atoms with Gasteiger partial charge in [-0.2, -0.15) is 0 Å². The zero-order valence-corrected chi connectivity index (χ0v) is 11.7. The van der Waals surface area contributed by atoms with Crippen LogP contribution in [0.5, 0.6) is 0 Å². The maximum atomic E-state index is 5.47. The lowest BCUT2D eigenvalue weighted by Crippen LogP contribution is -2.32. The van der Waals surface area contributed by atoms with Crippen LogP contribution in [-0.4, -0.2) is 56.6 Å². The van der Waals surface area contributed by atoms with Gasteiger partial charge < -0.3 is 15.5 Å². The van der Waals surface area contributed by atoms with Gasteiger partial charge in [0.05, 0.1) is 0 Å². The fourth-order valence-electron chi connectivity index (χ4n) is 1.74. The van der Waals surface area contributed by atoms with E-state index in [0.29, 0.717) is 6.04 Å². The minimum Gasteiger partial charge on any atom is -0.330 e. The Kier molecular flexibility index (Phi) is 9.99. The first-order valence-electron chi connectivity index (χ1n) is 6.63. The monoisotopic (exact) mass is 229 g/mol. The molecule has 16 heavy (non-hydrogen) atoms. The molecule has 2 N–H and O–H groups in total. The molecule has 0 fully saturated rings. The highest BCUT2D eigenvalue weighted by molar-refractivity contribution is 4.64. The summed E-state index contributed by atoms with van der Waals surface area (Å²) < 4.78 is 0. The summed E-state index contributed by atoms with van der Waals surface area (Å²) in [6, 6.07) is 0.692. The molecule has 0 heterocycles. The molecule has 0 rings (SSSR count). The molecule has 3 heteroatoms. The molecule has 0 aromatic rings. The second kappa shape index (κ2) is 10.1. The summed E-state index contributed by atoms with van der Waals surface area (Å²) >= 11 is 0. The van der Waals surface area contributed by atoms with E-state index in [1.54, 1.807) is 0 Å². The molecule has 0 radical (unpaired) electrons. The Morgan fingerprint density at radius 2 is 1.56 bits per heavy atom. The summed E-state index contributed by atoms with van der Waals surface area (Å²) in [6.07, 6.45) is 6.35. The first-order chi connectivity index (χ1) is 7.57. The first kappa shape index (κ1) is 15.9. The van der Waals surface area contributed by atoms with E-state index in [2.05, 4.69) is 37.9 Å². The lowest BCUT2D eigenvalue weighted by atomic mass is 10.1. The molecule has 0 aromatic heterocycles. The Hall–Kier alpha value is -0.120. The van der Waals surface area contributed by atoms with Gasteiger partial charge in [-0.25, -0.2) is 0 Å². The molecule has 0 aliphatic heterocycles. The fraction of sp³-hybridized carbons (Fsp3) is 1.00. The Bertz CT molecular complexity index is 148. The van der Waals surface area contributed by atoms with Crippen molar-refractivity contribution in [3.8, 4) is 0 Å². The van der Waals surface area contributed by atoms with Crippen molar-refractivity contribution < 1.29 is 0 Å². The number of nitrogens with two attached hydrogens (primary N) is 1. The number of nitrogens with zero attached hydrogens (tertiary/aromatic N) is 2. The van der Waals surface area contributed by atoms with Crippen molar-refractivity contribution in [1.82, 2.24) is 9.80 Å². The van der Waals surface area contributed by atoms with Gasteiger partial charge in [0.25, 0.3) is 0 Å². The molecule has 1 atom stereocenters. The predicted octanol–water partition coefficient (Wildman–Crippen LogP) is 1.78. The Balaban J connectivity index is 3.43. The Labute approximate surface area is 102 Å². The normalized spacial score (nSPS) is 13.7. The first-order valence-corrected chi connectivity index (χ1v) is 6.63. The van der Waals surface area contributed by atoms with Gasteiger partial charge in [0.15, 0.2) is 0 Å². The molecule has 0 amide bonds. The van der Waals surface area contributed by atoms with Gasteiger partial charge >= 0.3 is 0 Å². The highest BCUT2D eigenvalue weighted by Gasteiger charge is 2.08. The average molecular weight is 229 g/mol. The van der Waals surface area contributed by atoms with Crippen molar-refractivity contribution in [2.24, 2.45) is 5.73 Å². The summed E-state index contributed by atoms with van der Waals surface area (Å²) in [5, 5.41) is 0. The summed E-state index contributed by atoms with van der Waals surface area (Å²) in [5.41, 5.74) is 5.47. The van der Waals surface area contributed by atoms with E-state index >= 15 is 0 Å². The van der Waals surface area contributed by atoms with Crippen LogP contribution in [0.1, 0.15) is 39.0 Å². The molecule has 0 bridgehead atoms. The van der Waals surface area contributed by atoms with Gasteiger partial charge in [-0.3, -0.25) is 0 Å². The molecule has 1 unspecified atom stereocenters. The van der Waals surface area contributed by atoms with Crippen LogP contribution in [0.25, 0.3) is 0 Å². The van der Waals surface area contributed by atoms with Crippen LogP contribution in [0, 0.1) is 0 Å². The van der Waals surface area contributed by atoms with Gasteiger partial charge in [0, 0.05) is 6.04 Å². The molecule has 0 spiro atoms. The van der Waals surface area contributed by atoms with Crippen LogP contribution in [0.3, 0.4) is 0 Å². The van der Waals surface area contributed by atoms with Crippen LogP contribution < -0.4 is 5.73 Å². The van der Waals surface area contributed by atoms with E-state index in [-0.39, 0.29) is 0 Å². The van der Waals surface area contributed by atoms with Gasteiger partial charge in [-0.05, 0) is 67.0 Å². The standard InChI is InChI=1S/C13H31N3/c1-13(9-12-15(2)3)16(4)11-8-6-5-7-10-14/h13H,5-12,14H2,1-4H3. The summed E-state index contributed by atoms with van der Waals surface area (Å²) in [6.45, 7) is 5.57. The quantitative estimate of drug-likeness (QED) is 0.580. The third kappa shape index (κ3) is 9.13. The fourth-order valence-corrected chi connectivity index (χ4v) is 1.74. The maximum Gasteiger partial charge on any atom is 0.00760 e. The molecule has 0 saturated carbocycles. The van der Waals surface area contributed by atoms with Gasteiger partial charge in [-0.1, -0.05) is 12.8 Å². The van der Waals surface area contributed by atoms with Crippen LogP contribution in [0.2, 0.25) is 0 Å².